The van der Waals surface area contributed by atoms with Gasteiger partial charge in [0.15, 0.2) is 0 Å². The third-order valence-corrected chi connectivity index (χ3v) is 3.76. The zero-order valence-corrected chi connectivity index (χ0v) is 12.6. The second-order valence-electron chi connectivity index (χ2n) is 4.37. The molecule has 6 heteroatoms. The molecule has 1 aromatic rings. The van der Waals surface area contributed by atoms with Crippen LogP contribution in [0, 0.1) is 27.4 Å². The number of hydrogen-bond donors (Lipinski definition) is 0. The Morgan fingerprint density at radius 1 is 1.58 bits per heavy atom. The predicted octanol–water partition coefficient (Wildman–Crippen LogP) is 3.34. The van der Waals surface area contributed by atoms with Gasteiger partial charge in [-0.2, -0.15) is 5.26 Å². The summed E-state index contributed by atoms with van der Waals surface area (Å²) in [7, 11) is 0. The summed E-state index contributed by atoms with van der Waals surface area (Å²) in [5.41, 5.74) is 0.933. The Morgan fingerprint density at radius 3 is 2.79 bits per heavy atom. The molecule has 19 heavy (non-hydrogen) atoms. The van der Waals surface area contributed by atoms with Crippen LogP contribution in [0.2, 0.25) is 0 Å². The fourth-order valence-corrected chi connectivity index (χ4v) is 2.34. The Balaban J connectivity index is 2.89. The van der Waals surface area contributed by atoms with Crippen LogP contribution in [0.25, 0.3) is 0 Å². The fraction of sp³-hybridized carbons (Fsp3) is 0.462. The zero-order valence-electron chi connectivity index (χ0n) is 11.0. The van der Waals surface area contributed by atoms with Crippen LogP contribution < -0.4 is 0 Å². The summed E-state index contributed by atoms with van der Waals surface area (Å²) < 4.78 is 0.517. The molecule has 0 aliphatic carbocycles. The van der Waals surface area contributed by atoms with Crippen molar-refractivity contribution in [2.45, 2.75) is 20.4 Å². The van der Waals surface area contributed by atoms with E-state index in [1.54, 1.807) is 6.07 Å². The average Bonchev–Trinajstić information content (AvgIpc) is 2.39. The van der Waals surface area contributed by atoms with E-state index in [9.17, 15) is 10.1 Å². The van der Waals surface area contributed by atoms with Crippen molar-refractivity contribution in [3.05, 3.63) is 38.3 Å². The molecule has 0 amide bonds. The maximum absolute atomic E-state index is 10.9. The maximum atomic E-state index is 10.9. The number of nitriles is 1. The summed E-state index contributed by atoms with van der Waals surface area (Å²) in [5.74, 6) is -0.0579. The number of halogens is 1. The van der Waals surface area contributed by atoms with Crippen molar-refractivity contribution < 1.29 is 4.92 Å². The Bertz CT molecular complexity index is 499. The summed E-state index contributed by atoms with van der Waals surface area (Å²) in [6.45, 7) is 5.91. The smallest absolute Gasteiger partial charge is 0.283 e. The van der Waals surface area contributed by atoms with E-state index in [0.29, 0.717) is 17.6 Å². The molecule has 1 atom stereocenters. The lowest BCUT2D eigenvalue weighted by molar-refractivity contribution is -0.385. The summed E-state index contributed by atoms with van der Waals surface area (Å²) in [4.78, 5) is 12.6. The summed E-state index contributed by atoms with van der Waals surface area (Å²) in [6, 6.07) is 7.21. The topological polar surface area (TPSA) is 70.2 Å². The van der Waals surface area contributed by atoms with Crippen molar-refractivity contribution in [1.29, 1.82) is 5.26 Å². The molecule has 0 saturated carbocycles. The number of nitrogens with zero attached hydrogens (tertiary/aromatic N) is 3. The van der Waals surface area contributed by atoms with Crippen LogP contribution >= 0.6 is 15.9 Å². The third-order valence-electron chi connectivity index (χ3n) is 2.85. The van der Waals surface area contributed by atoms with Gasteiger partial charge in [0.1, 0.15) is 0 Å². The largest absolute Gasteiger partial charge is 0.298 e. The highest BCUT2D eigenvalue weighted by atomic mass is 79.9. The lowest BCUT2D eigenvalue weighted by atomic mass is 10.1. The molecule has 0 radical (unpaired) electrons. The molecule has 1 unspecified atom stereocenters. The lowest BCUT2D eigenvalue weighted by Crippen LogP contribution is -2.27. The minimum atomic E-state index is -0.401. The highest BCUT2D eigenvalue weighted by Crippen LogP contribution is 2.29. The normalized spacial score (nSPS) is 12.2. The number of nitro benzene ring substituents is 1. The molecule has 0 aliphatic heterocycles. The lowest BCUT2D eigenvalue weighted by Gasteiger charge is -2.22. The van der Waals surface area contributed by atoms with Gasteiger partial charge in [-0.05, 0) is 35.0 Å². The zero-order chi connectivity index (χ0) is 14.4. The number of benzene rings is 1. The van der Waals surface area contributed by atoms with Gasteiger partial charge in [0.2, 0.25) is 0 Å². The van der Waals surface area contributed by atoms with Crippen molar-refractivity contribution >= 4 is 21.6 Å². The Morgan fingerprint density at radius 2 is 2.26 bits per heavy atom. The van der Waals surface area contributed by atoms with Gasteiger partial charge in [0.25, 0.3) is 5.69 Å². The quantitative estimate of drug-likeness (QED) is 0.594. The van der Waals surface area contributed by atoms with Crippen LogP contribution in [0.5, 0.6) is 0 Å². The van der Waals surface area contributed by atoms with Crippen LogP contribution in [0.4, 0.5) is 5.69 Å². The summed E-state index contributed by atoms with van der Waals surface area (Å²) in [6.07, 6.45) is 0. The molecule has 1 rings (SSSR count). The Hall–Kier alpha value is -1.45. The first-order chi connectivity index (χ1) is 8.99. The van der Waals surface area contributed by atoms with Crippen molar-refractivity contribution in [2.75, 3.05) is 13.1 Å². The molecule has 5 nitrogen and oxygen atoms in total. The van der Waals surface area contributed by atoms with Gasteiger partial charge < -0.3 is 0 Å². The molecule has 0 aromatic heterocycles. The fourth-order valence-electron chi connectivity index (χ4n) is 1.80. The van der Waals surface area contributed by atoms with E-state index < -0.39 is 4.92 Å². The molecule has 102 valence electrons. The van der Waals surface area contributed by atoms with Crippen molar-refractivity contribution in [3.63, 3.8) is 0 Å². The van der Waals surface area contributed by atoms with Gasteiger partial charge in [0, 0.05) is 19.2 Å². The number of hydrogen-bond acceptors (Lipinski definition) is 4. The van der Waals surface area contributed by atoms with Crippen molar-refractivity contribution in [1.82, 2.24) is 4.90 Å². The summed E-state index contributed by atoms with van der Waals surface area (Å²) >= 11 is 3.29. The molecule has 0 spiro atoms. The minimum absolute atomic E-state index is 0.0579. The van der Waals surface area contributed by atoms with Crippen LogP contribution in [0.3, 0.4) is 0 Å². The highest BCUT2D eigenvalue weighted by Gasteiger charge is 2.17. The number of rotatable bonds is 6. The predicted molar refractivity (Wildman–Crippen MR) is 76.5 cm³/mol. The van der Waals surface area contributed by atoms with E-state index in [2.05, 4.69) is 26.9 Å². The van der Waals surface area contributed by atoms with Crippen LogP contribution in [0.15, 0.2) is 22.7 Å². The monoisotopic (exact) mass is 325 g/mol. The molecule has 0 heterocycles. The minimum Gasteiger partial charge on any atom is -0.298 e. The van der Waals surface area contributed by atoms with Crippen LogP contribution in [-0.2, 0) is 6.54 Å². The summed E-state index contributed by atoms with van der Waals surface area (Å²) in [5, 5.41) is 19.7. The molecular weight excluding hydrogens is 310 g/mol. The Labute approximate surface area is 121 Å². The van der Waals surface area contributed by atoms with Gasteiger partial charge in [-0.3, -0.25) is 15.0 Å². The third kappa shape index (κ3) is 4.30. The van der Waals surface area contributed by atoms with E-state index >= 15 is 0 Å². The average molecular weight is 326 g/mol. The molecule has 0 bridgehead atoms. The first kappa shape index (κ1) is 15.6. The SMILES string of the molecule is CCN(Cc1cccc([N+](=O)[O-])c1Br)CC(C)C#N. The maximum Gasteiger partial charge on any atom is 0.283 e. The molecule has 0 aliphatic rings. The van der Waals surface area contributed by atoms with E-state index in [1.807, 2.05) is 19.9 Å². The molecular formula is C13H16BrN3O2. The van der Waals surface area contributed by atoms with Gasteiger partial charge in [0.05, 0.1) is 21.4 Å². The second-order valence-corrected chi connectivity index (χ2v) is 5.16. The Kier molecular flexibility index (Phi) is 5.93. The molecule has 1 aromatic carbocycles. The van der Waals surface area contributed by atoms with Crippen LogP contribution in [-0.4, -0.2) is 22.9 Å². The van der Waals surface area contributed by atoms with Crippen LogP contribution in [0.1, 0.15) is 19.4 Å². The van der Waals surface area contributed by atoms with Gasteiger partial charge in [-0.25, -0.2) is 0 Å². The van der Waals surface area contributed by atoms with E-state index in [-0.39, 0.29) is 11.6 Å². The van der Waals surface area contributed by atoms with Gasteiger partial charge in [-0.1, -0.05) is 19.1 Å². The molecule has 0 saturated heterocycles. The van der Waals surface area contributed by atoms with Gasteiger partial charge in [-0.15, -0.1) is 0 Å². The van der Waals surface area contributed by atoms with E-state index in [4.69, 9.17) is 5.26 Å². The van der Waals surface area contributed by atoms with Crippen molar-refractivity contribution in [3.8, 4) is 6.07 Å². The standard InChI is InChI=1S/C13H16BrN3O2/c1-3-16(8-10(2)7-15)9-11-5-4-6-12(13(11)14)17(18)19/h4-6,10H,3,8-9H2,1-2H3. The van der Waals surface area contributed by atoms with E-state index in [1.165, 1.54) is 6.07 Å². The van der Waals surface area contributed by atoms with Gasteiger partial charge >= 0.3 is 0 Å². The molecule has 0 N–H and O–H groups in total. The second kappa shape index (κ2) is 7.22. The first-order valence-corrected chi connectivity index (χ1v) is 6.82. The highest BCUT2D eigenvalue weighted by molar-refractivity contribution is 9.10. The molecule has 0 fully saturated rings. The first-order valence-electron chi connectivity index (χ1n) is 6.03. The number of nitro groups is 1. The van der Waals surface area contributed by atoms with E-state index in [0.717, 1.165) is 12.1 Å². The van der Waals surface area contributed by atoms with Crippen molar-refractivity contribution in [2.24, 2.45) is 5.92 Å².